The number of nitrogens with one attached hydrogen (secondary N) is 1. The molecule has 6 heteroatoms. The zero-order valence-electron chi connectivity index (χ0n) is 17.0. The van der Waals surface area contributed by atoms with Crippen molar-refractivity contribution in [1.29, 1.82) is 0 Å². The first-order chi connectivity index (χ1) is 14.3. The van der Waals surface area contributed by atoms with Gasteiger partial charge < -0.3 is 14.6 Å². The summed E-state index contributed by atoms with van der Waals surface area (Å²) in [6.45, 7) is 5.16. The van der Waals surface area contributed by atoms with Crippen LogP contribution < -0.4 is 4.74 Å². The number of Topliss-reactive ketones (excluding diaryl/α,β-unsaturated/α-hetero) is 1. The van der Waals surface area contributed by atoms with E-state index in [4.69, 9.17) is 16.3 Å². The number of fused-ring (bicyclic) bond motifs is 2. The Bertz CT molecular complexity index is 1190. The summed E-state index contributed by atoms with van der Waals surface area (Å²) in [4.78, 5) is 30.8. The molecule has 0 aliphatic carbocycles. The molecule has 5 nitrogen and oxygen atoms in total. The number of carbonyl (C=O) groups excluding carboxylic acids is 2. The van der Waals surface area contributed by atoms with Gasteiger partial charge in [0.15, 0.2) is 5.78 Å². The minimum Gasteiger partial charge on any atom is -0.486 e. The number of nitrogens with zero attached hydrogens (tertiary/aromatic N) is 1. The van der Waals surface area contributed by atoms with Crippen LogP contribution in [0.5, 0.6) is 5.75 Å². The van der Waals surface area contributed by atoms with Crippen LogP contribution in [-0.4, -0.2) is 40.3 Å². The zero-order chi connectivity index (χ0) is 21.0. The van der Waals surface area contributed by atoms with Gasteiger partial charge >= 0.3 is 0 Å². The molecule has 1 aromatic heterocycles. The van der Waals surface area contributed by atoms with Crippen LogP contribution in [0.15, 0.2) is 36.5 Å². The van der Waals surface area contributed by atoms with Gasteiger partial charge in [-0.05, 0) is 55.3 Å². The number of H-pyrrole nitrogens is 1. The van der Waals surface area contributed by atoms with Crippen molar-refractivity contribution in [3.8, 4) is 5.75 Å². The van der Waals surface area contributed by atoms with Gasteiger partial charge in [-0.1, -0.05) is 11.6 Å². The zero-order valence-corrected chi connectivity index (χ0v) is 17.8. The third kappa shape index (κ3) is 3.08. The minimum atomic E-state index is -0.517. The fourth-order valence-corrected chi connectivity index (χ4v) is 4.76. The Morgan fingerprint density at radius 1 is 1.13 bits per heavy atom. The van der Waals surface area contributed by atoms with Gasteiger partial charge in [0.1, 0.15) is 11.4 Å². The summed E-state index contributed by atoms with van der Waals surface area (Å²) in [7, 11) is 0. The number of ether oxygens (including phenoxy) is 1. The predicted octanol–water partition coefficient (Wildman–Crippen LogP) is 5.08. The number of likely N-dealkylation sites (tertiary alicyclic amines) is 1. The number of hydrogen-bond donors (Lipinski definition) is 1. The molecule has 5 rings (SSSR count). The normalized spacial score (nSPS) is 17.8. The van der Waals surface area contributed by atoms with E-state index >= 15 is 0 Å². The molecule has 0 bridgehead atoms. The van der Waals surface area contributed by atoms with E-state index in [0.29, 0.717) is 54.3 Å². The van der Waals surface area contributed by atoms with Crippen molar-refractivity contribution in [2.45, 2.75) is 38.7 Å². The molecule has 2 aliphatic heterocycles. The van der Waals surface area contributed by atoms with Gasteiger partial charge in [-0.2, -0.15) is 0 Å². The standard InChI is InChI=1S/C24H23ClN2O3/c1-14-9-18-21(28)12-24(30-22(18)10-15(14)2)5-7-27(8-6-24)23(29)16-3-4-20-17(11-16)19(25)13-26-20/h3-4,9-11,13,26H,5-8,12H2,1-2H3. The molecule has 0 unspecified atom stereocenters. The Labute approximate surface area is 180 Å². The van der Waals surface area contributed by atoms with E-state index in [1.165, 1.54) is 0 Å². The first-order valence-electron chi connectivity index (χ1n) is 10.2. The summed E-state index contributed by atoms with van der Waals surface area (Å²) < 4.78 is 6.38. The number of benzene rings is 2. The number of halogens is 1. The Hall–Kier alpha value is -2.79. The van der Waals surface area contributed by atoms with Crippen molar-refractivity contribution < 1.29 is 14.3 Å². The van der Waals surface area contributed by atoms with Crippen LogP contribution in [0.3, 0.4) is 0 Å². The number of aromatic amines is 1. The van der Waals surface area contributed by atoms with Crippen molar-refractivity contribution in [2.75, 3.05) is 13.1 Å². The number of aromatic nitrogens is 1. The highest BCUT2D eigenvalue weighted by molar-refractivity contribution is 6.35. The van der Waals surface area contributed by atoms with Gasteiger partial charge in [-0.15, -0.1) is 0 Å². The topological polar surface area (TPSA) is 62.4 Å². The van der Waals surface area contributed by atoms with Crippen LogP contribution in [0.1, 0.15) is 51.1 Å². The summed E-state index contributed by atoms with van der Waals surface area (Å²) in [6.07, 6.45) is 3.38. The molecule has 1 fully saturated rings. The minimum absolute atomic E-state index is 0.0157. The molecule has 2 aliphatic rings. The largest absolute Gasteiger partial charge is 0.486 e. The van der Waals surface area contributed by atoms with Gasteiger partial charge in [0, 0.05) is 48.6 Å². The Morgan fingerprint density at radius 2 is 1.87 bits per heavy atom. The lowest BCUT2D eigenvalue weighted by Gasteiger charge is -2.44. The van der Waals surface area contributed by atoms with Crippen LogP contribution in [0.2, 0.25) is 5.02 Å². The maximum Gasteiger partial charge on any atom is 0.253 e. The van der Waals surface area contributed by atoms with E-state index in [9.17, 15) is 9.59 Å². The molecule has 1 amide bonds. The second-order valence-corrected chi connectivity index (χ2v) is 8.91. The smallest absolute Gasteiger partial charge is 0.253 e. The molecule has 2 aromatic carbocycles. The molecule has 0 radical (unpaired) electrons. The maximum atomic E-state index is 13.1. The van der Waals surface area contributed by atoms with Gasteiger partial charge in [0.05, 0.1) is 17.0 Å². The molecule has 1 spiro atoms. The summed E-state index contributed by atoms with van der Waals surface area (Å²) in [6, 6.07) is 9.44. The van der Waals surface area contributed by atoms with E-state index in [0.717, 1.165) is 22.0 Å². The first-order valence-corrected chi connectivity index (χ1v) is 10.6. The lowest BCUT2D eigenvalue weighted by Crippen LogP contribution is -2.52. The molecule has 154 valence electrons. The third-order valence-corrected chi connectivity index (χ3v) is 6.86. The number of aryl methyl sites for hydroxylation is 2. The van der Waals surface area contributed by atoms with E-state index in [2.05, 4.69) is 4.98 Å². The van der Waals surface area contributed by atoms with E-state index in [1.54, 1.807) is 6.20 Å². The number of hydrogen-bond acceptors (Lipinski definition) is 3. The lowest BCUT2D eigenvalue weighted by molar-refractivity contribution is -0.00574. The van der Waals surface area contributed by atoms with E-state index in [-0.39, 0.29) is 11.7 Å². The predicted molar refractivity (Wildman–Crippen MR) is 117 cm³/mol. The fourth-order valence-electron chi connectivity index (χ4n) is 4.55. The maximum absolute atomic E-state index is 13.1. The highest BCUT2D eigenvalue weighted by atomic mass is 35.5. The number of carbonyl (C=O) groups is 2. The fraction of sp³-hybridized carbons (Fsp3) is 0.333. The highest BCUT2D eigenvalue weighted by Gasteiger charge is 2.43. The van der Waals surface area contributed by atoms with Crippen molar-refractivity contribution >= 4 is 34.2 Å². The van der Waals surface area contributed by atoms with Gasteiger partial charge in [0.25, 0.3) is 5.91 Å². The number of piperidine rings is 1. The molecule has 3 aromatic rings. The number of amides is 1. The van der Waals surface area contributed by atoms with Gasteiger partial charge in [-0.25, -0.2) is 0 Å². The van der Waals surface area contributed by atoms with Crippen molar-refractivity contribution in [3.05, 3.63) is 63.8 Å². The molecule has 0 atom stereocenters. The number of ketones is 1. The molecule has 1 N–H and O–H groups in total. The molecule has 0 saturated carbocycles. The van der Waals surface area contributed by atoms with E-state index < -0.39 is 5.60 Å². The van der Waals surface area contributed by atoms with Crippen molar-refractivity contribution in [2.24, 2.45) is 0 Å². The van der Waals surface area contributed by atoms with Crippen LogP contribution in [0.25, 0.3) is 10.9 Å². The highest BCUT2D eigenvalue weighted by Crippen LogP contribution is 2.40. The Kier molecular flexibility index (Phi) is 4.40. The second-order valence-electron chi connectivity index (χ2n) is 8.51. The second kappa shape index (κ2) is 6.88. The van der Waals surface area contributed by atoms with Gasteiger partial charge in [0.2, 0.25) is 0 Å². The SMILES string of the molecule is Cc1cc2c(cc1C)C(=O)CC1(CCN(C(=O)c3ccc4[nH]cc(Cl)c4c3)CC1)O2. The van der Waals surface area contributed by atoms with Crippen LogP contribution in [0, 0.1) is 13.8 Å². The monoisotopic (exact) mass is 422 g/mol. The summed E-state index contributed by atoms with van der Waals surface area (Å²) in [5.41, 5.74) is 3.91. The average molecular weight is 423 g/mol. The van der Waals surface area contributed by atoms with Crippen LogP contribution in [0.4, 0.5) is 0 Å². The summed E-state index contributed by atoms with van der Waals surface area (Å²) in [5, 5.41) is 1.45. The Morgan fingerprint density at radius 3 is 2.63 bits per heavy atom. The number of rotatable bonds is 1. The van der Waals surface area contributed by atoms with Crippen molar-refractivity contribution in [1.82, 2.24) is 9.88 Å². The third-order valence-electron chi connectivity index (χ3n) is 6.55. The lowest BCUT2D eigenvalue weighted by atomic mass is 9.81. The van der Waals surface area contributed by atoms with Gasteiger partial charge in [-0.3, -0.25) is 9.59 Å². The molecule has 1 saturated heterocycles. The summed E-state index contributed by atoms with van der Waals surface area (Å²) >= 11 is 6.20. The average Bonchev–Trinajstić information content (AvgIpc) is 3.10. The Balaban J connectivity index is 1.34. The van der Waals surface area contributed by atoms with Crippen LogP contribution in [-0.2, 0) is 0 Å². The molecular weight excluding hydrogens is 400 g/mol. The summed E-state index contributed by atoms with van der Waals surface area (Å²) in [5.74, 6) is 0.798. The quantitative estimate of drug-likeness (QED) is 0.595. The first kappa shape index (κ1) is 19.2. The van der Waals surface area contributed by atoms with Crippen LogP contribution >= 0.6 is 11.6 Å². The molecular formula is C24H23ClN2O3. The van der Waals surface area contributed by atoms with E-state index in [1.807, 2.05) is 49.1 Å². The van der Waals surface area contributed by atoms with Crippen molar-refractivity contribution in [3.63, 3.8) is 0 Å². The molecule has 3 heterocycles. The molecule has 30 heavy (non-hydrogen) atoms.